The lowest BCUT2D eigenvalue weighted by molar-refractivity contribution is 0.101. The van der Waals surface area contributed by atoms with Crippen molar-refractivity contribution in [3.63, 3.8) is 0 Å². The van der Waals surface area contributed by atoms with Crippen molar-refractivity contribution in [2.75, 3.05) is 0 Å². The van der Waals surface area contributed by atoms with Crippen LogP contribution < -0.4 is 0 Å². The summed E-state index contributed by atoms with van der Waals surface area (Å²) in [5.41, 5.74) is 3.11. The first-order chi connectivity index (χ1) is 18.1. The summed E-state index contributed by atoms with van der Waals surface area (Å²) in [6, 6.07) is 19.0. The lowest BCUT2D eigenvalue weighted by Gasteiger charge is -1.97. The Bertz CT molecular complexity index is 1440. The summed E-state index contributed by atoms with van der Waals surface area (Å²) < 4.78 is 1.11. The van der Waals surface area contributed by atoms with Crippen LogP contribution in [0.5, 0.6) is 0 Å². The van der Waals surface area contributed by atoms with E-state index in [-0.39, 0.29) is 26.4 Å². The smallest absolute Gasteiger partial charge is 0.169 e. The lowest BCUT2D eigenvalue weighted by Crippen LogP contribution is -1.83. The highest BCUT2D eigenvalue weighted by Gasteiger charge is 2.07. The molecule has 0 fully saturated rings. The molecule has 210 valence electrons. The summed E-state index contributed by atoms with van der Waals surface area (Å²) in [5.74, 6) is 0.212. The summed E-state index contributed by atoms with van der Waals surface area (Å²) in [6.07, 6.45) is 5.13. The van der Waals surface area contributed by atoms with Crippen LogP contribution in [0.4, 0.5) is 0 Å². The maximum absolute atomic E-state index is 11.2. The minimum atomic E-state index is 0. The lowest BCUT2D eigenvalue weighted by atomic mass is 10.2. The number of aryl methyl sites for hydroxylation is 1. The van der Waals surface area contributed by atoms with Gasteiger partial charge in [0.05, 0.1) is 9.75 Å². The Morgan fingerprint density at radius 2 is 1.12 bits per heavy atom. The van der Waals surface area contributed by atoms with E-state index in [4.69, 9.17) is 23.2 Å². The number of pyridine rings is 3. The largest absolute Gasteiger partial charge is 0.294 e. The van der Waals surface area contributed by atoms with E-state index in [0.29, 0.717) is 10.3 Å². The summed E-state index contributed by atoms with van der Waals surface area (Å²) >= 11 is 16.5. The van der Waals surface area contributed by atoms with Gasteiger partial charge in [0.2, 0.25) is 0 Å². The second kappa shape index (κ2) is 17.3. The van der Waals surface area contributed by atoms with Crippen LogP contribution in [0.3, 0.4) is 0 Å². The minimum Gasteiger partial charge on any atom is -0.294 e. The number of rotatable bonds is 4. The Morgan fingerprint density at radius 3 is 1.50 bits per heavy atom. The summed E-state index contributed by atoms with van der Waals surface area (Å²) in [7, 11) is 0. The van der Waals surface area contributed by atoms with Crippen molar-refractivity contribution < 1.29 is 9.59 Å². The fourth-order valence-corrected chi connectivity index (χ4v) is 5.78. The normalized spacial score (nSPS) is 9.55. The molecule has 5 aromatic rings. The van der Waals surface area contributed by atoms with E-state index < -0.39 is 0 Å². The van der Waals surface area contributed by atoms with Gasteiger partial charge in [-0.1, -0.05) is 38.1 Å². The van der Waals surface area contributed by atoms with E-state index in [1.54, 1.807) is 38.5 Å². The van der Waals surface area contributed by atoms with Crippen LogP contribution in [0.1, 0.15) is 53.7 Å². The molecule has 0 unspecified atom stereocenters. The first-order valence-electron chi connectivity index (χ1n) is 11.2. The van der Waals surface area contributed by atoms with Gasteiger partial charge in [0.15, 0.2) is 11.6 Å². The summed E-state index contributed by atoms with van der Waals surface area (Å²) in [5, 5.41) is 1.02. The number of carbonyl (C=O) groups excluding carboxylic acids is 2. The fraction of sp³-hybridized carbons (Fsp3) is 0.167. The summed E-state index contributed by atoms with van der Waals surface area (Å²) in [6.45, 7) is 5.12. The third-order valence-electron chi connectivity index (χ3n) is 4.79. The van der Waals surface area contributed by atoms with Gasteiger partial charge in [0.25, 0.3) is 0 Å². The van der Waals surface area contributed by atoms with Crippen molar-refractivity contribution in [2.45, 2.75) is 35.6 Å². The second-order valence-electron chi connectivity index (χ2n) is 7.79. The van der Waals surface area contributed by atoms with E-state index in [1.807, 2.05) is 61.5 Å². The molecule has 5 rings (SSSR count). The van der Waals surface area contributed by atoms with Crippen LogP contribution in [0.15, 0.2) is 79.3 Å². The Kier molecular flexibility index (Phi) is 15.4. The van der Waals surface area contributed by atoms with Gasteiger partial charge >= 0.3 is 0 Å². The Hall–Kier alpha value is -2.50. The Morgan fingerprint density at radius 1 is 0.675 bits per heavy atom. The zero-order valence-electron chi connectivity index (χ0n) is 20.6. The molecule has 5 heterocycles. The minimum absolute atomic E-state index is 0. The molecule has 0 atom stereocenters. The van der Waals surface area contributed by atoms with Gasteiger partial charge in [0.1, 0.15) is 10.3 Å². The predicted molar refractivity (Wildman–Crippen MR) is 180 cm³/mol. The number of hydrogen-bond donors (Lipinski definition) is 0. The average Bonchev–Trinajstić information content (AvgIpc) is 3.56. The monoisotopic (exact) mass is 725 g/mol. The third kappa shape index (κ3) is 11.2. The number of thiophene rings is 2. The Balaban J connectivity index is 0.000000306. The SMILES string of the molecule is C.C.CC(=O)c1ccc(-c2ccnc(C)c2)s1.CC(=O)c1ccc(-c2ccnc(Cl)c2)s1.Clc1cc(I)ccn1. The van der Waals surface area contributed by atoms with Crippen LogP contribution in [0, 0.1) is 10.5 Å². The highest BCUT2D eigenvalue weighted by Crippen LogP contribution is 2.29. The van der Waals surface area contributed by atoms with E-state index in [1.165, 1.54) is 22.7 Å². The number of halogens is 3. The van der Waals surface area contributed by atoms with Crippen molar-refractivity contribution >= 4 is 80.0 Å². The highest BCUT2D eigenvalue weighted by molar-refractivity contribution is 14.1. The van der Waals surface area contributed by atoms with Gasteiger partial charge in [-0.3, -0.25) is 14.6 Å². The van der Waals surface area contributed by atoms with Gasteiger partial charge in [0, 0.05) is 37.6 Å². The molecule has 10 heteroatoms. The molecule has 0 radical (unpaired) electrons. The van der Waals surface area contributed by atoms with Crippen LogP contribution in [0.25, 0.3) is 20.9 Å². The first kappa shape index (κ1) is 35.5. The van der Waals surface area contributed by atoms with Crippen molar-refractivity contribution in [2.24, 2.45) is 0 Å². The first-order valence-corrected chi connectivity index (χ1v) is 14.6. The molecule has 0 aliphatic rings. The highest BCUT2D eigenvalue weighted by atomic mass is 127. The average molecular weight is 727 g/mol. The van der Waals surface area contributed by atoms with Crippen LogP contribution >= 0.6 is 68.5 Å². The van der Waals surface area contributed by atoms with Gasteiger partial charge < -0.3 is 0 Å². The molecular formula is C30H30Cl2IN3O2S2. The van der Waals surface area contributed by atoms with E-state index >= 15 is 0 Å². The molecule has 0 saturated heterocycles. The van der Waals surface area contributed by atoms with Gasteiger partial charge in [-0.15, -0.1) is 22.7 Å². The Labute approximate surface area is 267 Å². The van der Waals surface area contributed by atoms with Crippen molar-refractivity contribution in [3.05, 3.63) is 109 Å². The number of aromatic nitrogens is 3. The standard InChI is InChI=1S/C12H11NOS.C11H8ClNOS.C5H3ClIN.2CH4/c1-8-7-10(5-6-13-8)12-4-3-11(15-12)9(2)14;1-7(14)9-2-3-10(15-9)8-4-5-13-11(12)6-8;6-5-3-4(7)1-2-8-5;;/h3-7H,1-2H3;2-6H,1H3;1-3H;2*1H4. The topological polar surface area (TPSA) is 72.8 Å². The van der Waals surface area contributed by atoms with E-state index in [2.05, 4.69) is 37.5 Å². The maximum atomic E-state index is 11.2. The molecule has 0 amide bonds. The van der Waals surface area contributed by atoms with Gasteiger partial charge in [-0.05, 0) is 115 Å². The molecule has 0 saturated carbocycles. The molecule has 0 N–H and O–H groups in total. The van der Waals surface area contributed by atoms with Crippen molar-refractivity contribution in [1.82, 2.24) is 15.0 Å². The second-order valence-corrected chi connectivity index (χ2v) is 12.0. The van der Waals surface area contributed by atoms with E-state index in [9.17, 15) is 9.59 Å². The number of nitrogens with zero attached hydrogens (tertiary/aromatic N) is 3. The molecule has 0 aromatic carbocycles. The van der Waals surface area contributed by atoms with Crippen LogP contribution in [0.2, 0.25) is 10.3 Å². The number of carbonyl (C=O) groups is 2. The molecule has 5 aromatic heterocycles. The number of hydrogen-bond acceptors (Lipinski definition) is 7. The van der Waals surface area contributed by atoms with Crippen molar-refractivity contribution in [3.8, 4) is 20.9 Å². The van der Waals surface area contributed by atoms with Crippen molar-refractivity contribution in [1.29, 1.82) is 0 Å². The fourth-order valence-electron chi connectivity index (χ4n) is 3.00. The molecule has 0 aliphatic carbocycles. The van der Waals surface area contributed by atoms with Crippen LogP contribution in [-0.4, -0.2) is 26.5 Å². The molecule has 0 bridgehead atoms. The van der Waals surface area contributed by atoms with Gasteiger partial charge in [-0.25, -0.2) is 9.97 Å². The predicted octanol–water partition coefficient (Wildman–Crippen LogP) is 10.6. The zero-order chi connectivity index (χ0) is 27.7. The quantitative estimate of drug-likeness (QED) is 0.105. The molecule has 5 nitrogen and oxygen atoms in total. The van der Waals surface area contributed by atoms with E-state index in [0.717, 1.165) is 39.9 Å². The molecule has 40 heavy (non-hydrogen) atoms. The van der Waals surface area contributed by atoms with Gasteiger partial charge in [-0.2, -0.15) is 0 Å². The maximum Gasteiger partial charge on any atom is 0.169 e. The third-order valence-corrected chi connectivity index (χ3v) is 8.34. The number of Topliss-reactive ketones (excluding diaryl/α,β-unsaturated/α-hetero) is 2. The van der Waals surface area contributed by atoms with Crippen LogP contribution in [-0.2, 0) is 0 Å². The molecule has 0 aliphatic heterocycles. The molecule has 0 spiro atoms. The molecular weight excluding hydrogens is 696 g/mol. The summed E-state index contributed by atoms with van der Waals surface area (Å²) in [4.78, 5) is 37.9. The zero-order valence-corrected chi connectivity index (χ0v) is 25.9. The number of ketones is 2.